The van der Waals surface area contributed by atoms with Gasteiger partial charge < -0.3 is 10.6 Å². The third kappa shape index (κ3) is 7.45. The lowest BCUT2D eigenvalue weighted by Crippen LogP contribution is -2.27. The molecule has 4 aromatic rings. The zero-order chi connectivity index (χ0) is 29.8. The monoisotopic (exact) mass is 593 g/mol. The number of aryl methyl sites for hydroxylation is 1. The topological polar surface area (TPSA) is 88.9 Å². The van der Waals surface area contributed by atoms with E-state index in [-0.39, 0.29) is 22.4 Å². The molecule has 4 rings (SSSR count). The van der Waals surface area contributed by atoms with E-state index in [1.165, 1.54) is 22.8 Å². The van der Waals surface area contributed by atoms with Crippen molar-refractivity contribution < 1.29 is 35.9 Å². The van der Waals surface area contributed by atoms with Crippen molar-refractivity contribution in [3.05, 3.63) is 101 Å². The van der Waals surface area contributed by atoms with Gasteiger partial charge in [0, 0.05) is 5.69 Å². The Morgan fingerprint density at radius 2 is 1.61 bits per heavy atom. The highest BCUT2D eigenvalue weighted by molar-refractivity contribution is 7.99. The Bertz CT molecular complexity index is 1570. The molecular formula is C27H21F6N5O2S. The first-order chi connectivity index (χ1) is 19.3. The average Bonchev–Trinajstić information content (AvgIpc) is 3.32. The number of nitrogens with one attached hydrogen (secondary N) is 2. The molecule has 0 saturated heterocycles. The molecule has 0 radical (unpaired) electrons. The van der Waals surface area contributed by atoms with Crippen LogP contribution >= 0.6 is 11.8 Å². The summed E-state index contributed by atoms with van der Waals surface area (Å²) >= 11 is 0.879. The smallest absolute Gasteiger partial charge is 0.345 e. The number of alkyl halides is 6. The largest absolute Gasteiger partial charge is 0.417 e. The summed E-state index contributed by atoms with van der Waals surface area (Å²) in [4.78, 5) is 25.2. The summed E-state index contributed by atoms with van der Waals surface area (Å²) in [7, 11) is 0. The van der Waals surface area contributed by atoms with E-state index in [1.807, 2.05) is 13.0 Å². The van der Waals surface area contributed by atoms with Crippen LogP contribution in [0.15, 0.2) is 78.0 Å². The molecule has 2 amide bonds. The van der Waals surface area contributed by atoms with E-state index in [0.717, 1.165) is 47.7 Å². The van der Waals surface area contributed by atoms with Gasteiger partial charge in [-0.3, -0.25) is 14.2 Å². The lowest BCUT2D eigenvalue weighted by atomic mass is 10.1. The van der Waals surface area contributed by atoms with Gasteiger partial charge in [0.25, 0.3) is 5.91 Å². The van der Waals surface area contributed by atoms with Crippen LogP contribution in [0, 0.1) is 6.92 Å². The number of carbonyl (C=O) groups is 2. The third-order valence-corrected chi connectivity index (χ3v) is 6.58. The van der Waals surface area contributed by atoms with Crippen molar-refractivity contribution in [3.63, 3.8) is 0 Å². The molecule has 2 N–H and O–H groups in total. The molecule has 0 fully saturated rings. The summed E-state index contributed by atoms with van der Waals surface area (Å²) in [5.74, 6) is -1.74. The van der Waals surface area contributed by atoms with Gasteiger partial charge in [-0.1, -0.05) is 42.1 Å². The second kappa shape index (κ2) is 12.0. The van der Waals surface area contributed by atoms with Crippen molar-refractivity contribution in [3.8, 4) is 5.69 Å². The predicted molar refractivity (Wildman–Crippen MR) is 140 cm³/mol. The second-order valence-corrected chi connectivity index (χ2v) is 9.66. The molecule has 214 valence electrons. The molecule has 1 heterocycles. The van der Waals surface area contributed by atoms with Crippen LogP contribution in [0.1, 0.15) is 32.9 Å². The van der Waals surface area contributed by atoms with Gasteiger partial charge in [0.15, 0.2) is 11.0 Å². The molecule has 0 aliphatic rings. The van der Waals surface area contributed by atoms with Crippen LogP contribution in [0.2, 0.25) is 0 Å². The maximum absolute atomic E-state index is 13.4. The average molecular weight is 594 g/mol. The molecule has 0 atom stereocenters. The molecule has 0 aliphatic carbocycles. The number of nitrogens with zero attached hydrogens (tertiary/aromatic N) is 3. The number of hydrogen-bond acceptors (Lipinski definition) is 5. The third-order valence-electron chi connectivity index (χ3n) is 5.65. The van der Waals surface area contributed by atoms with Crippen molar-refractivity contribution in [2.24, 2.45) is 0 Å². The Morgan fingerprint density at radius 3 is 2.32 bits per heavy atom. The van der Waals surface area contributed by atoms with E-state index < -0.39 is 47.4 Å². The molecule has 0 aliphatic heterocycles. The fourth-order valence-electron chi connectivity index (χ4n) is 3.82. The molecule has 0 spiro atoms. The number of anilines is 1. The summed E-state index contributed by atoms with van der Waals surface area (Å²) < 4.78 is 81.6. The zero-order valence-electron chi connectivity index (χ0n) is 21.2. The maximum atomic E-state index is 13.4. The minimum absolute atomic E-state index is 0.0219. The summed E-state index contributed by atoms with van der Waals surface area (Å²) in [6, 6.07) is 15.5. The second-order valence-electron chi connectivity index (χ2n) is 8.71. The Kier molecular flexibility index (Phi) is 8.71. The van der Waals surface area contributed by atoms with E-state index in [0.29, 0.717) is 5.69 Å². The van der Waals surface area contributed by atoms with Gasteiger partial charge in [0.1, 0.15) is 0 Å². The fraction of sp³-hybridized carbons (Fsp3) is 0.185. The molecule has 14 heteroatoms. The van der Waals surface area contributed by atoms with Crippen LogP contribution in [0.5, 0.6) is 0 Å². The van der Waals surface area contributed by atoms with Gasteiger partial charge in [-0.15, -0.1) is 10.2 Å². The standard InChI is InChI=1S/C27H21F6N5O2S/c1-16-6-4-8-18(12-16)35-23(39)15-41-25-37-36-22(38(25)19-9-5-7-17(13-19)26(28,29)30)14-34-24(40)20-10-2-3-11-21(20)27(31,32)33/h2-13H,14-15H2,1H3,(H,34,40)(H,35,39). The van der Waals surface area contributed by atoms with Crippen LogP contribution in [-0.4, -0.2) is 32.3 Å². The highest BCUT2D eigenvalue weighted by atomic mass is 32.2. The molecule has 3 aromatic carbocycles. The van der Waals surface area contributed by atoms with Crippen molar-refractivity contribution in [1.82, 2.24) is 20.1 Å². The van der Waals surface area contributed by atoms with Gasteiger partial charge in [-0.2, -0.15) is 26.3 Å². The van der Waals surface area contributed by atoms with Crippen molar-refractivity contribution in [2.45, 2.75) is 31.0 Å². The lowest BCUT2D eigenvalue weighted by Gasteiger charge is -2.15. The molecule has 7 nitrogen and oxygen atoms in total. The lowest BCUT2D eigenvalue weighted by molar-refractivity contribution is -0.138. The molecular weight excluding hydrogens is 572 g/mol. The number of thioether (sulfide) groups is 1. The van der Waals surface area contributed by atoms with Crippen LogP contribution in [0.3, 0.4) is 0 Å². The minimum atomic E-state index is -4.78. The number of rotatable bonds is 8. The summed E-state index contributed by atoms with van der Waals surface area (Å²) in [6.07, 6.45) is -9.45. The number of carbonyl (C=O) groups excluding carboxylic acids is 2. The number of halogens is 6. The van der Waals surface area contributed by atoms with Gasteiger partial charge in [0.2, 0.25) is 5.91 Å². The van der Waals surface area contributed by atoms with E-state index in [9.17, 15) is 35.9 Å². The first-order valence-electron chi connectivity index (χ1n) is 11.9. The fourth-order valence-corrected chi connectivity index (χ4v) is 4.59. The van der Waals surface area contributed by atoms with Crippen LogP contribution < -0.4 is 10.6 Å². The van der Waals surface area contributed by atoms with E-state index in [4.69, 9.17) is 0 Å². The van der Waals surface area contributed by atoms with Crippen LogP contribution in [0.25, 0.3) is 5.69 Å². The minimum Gasteiger partial charge on any atom is -0.345 e. The van der Waals surface area contributed by atoms with Gasteiger partial charge in [-0.25, -0.2) is 0 Å². The normalized spacial score (nSPS) is 11.8. The van der Waals surface area contributed by atoms with E-state index in [1.54, 1.807) is 18.2 Å². The molecule has 0 saturated carbocycles. The number of benzene rings is 3. The van der Waals surface area contributed by atoms with Crippen molar-refractivity contribution in [2.75, 3.05) is 11.1 Å². The maximum Gasteiger partial charge on any atom is 0.417 e. The van der Waals surface area contributed by atoms with Gasteiger partial charge in [-0.05, 0) is 55.0 Å². The Labute approximate surface area is 234 Å². The SMILES string of the molecule is Cc1cccc(NC(=O)CSc2nnc(CNC(=O)c3ccccc3C(F)(F)F)n2-c2cccc(C(F)(F)F)c2)c1. The molecule has 0 bridgehead atoms. The molecule has 1 aromatic heterocycles. The summed E-state index contributed by atoms with van der Waals surface area (Å²) in [5, 5.41) is 13.0. The molecule has 41 heavy (non-hydrogen) atoms. The van der Waals surface area contributed by atoms with Crippen LogP contribution in [0.4, 0.5) is 32.0 Å². The van der Waals surface area contributed by atoms with E-state index >= 15 is 0 Å². The first kappa shape index (κ1) is 29.6. The van der Waals surface area contributed by atoms with Crippen molar-refractivity contribution in [1.29, 1.82) is 0 Å². The summed E-state index contributed by atoms with van der Waals surface area (Å²) in [5.41, 5.74) is -1.29. The Morgan fingerprint density at radius 1 is 0.878 bits per heavy atom. The highest BCUT2D eigenvalue weighted by Gasteiger charge is 2.35. The zero-order valence-corrected chi connectivity index (χ0v) is 22.0. The van der Waals surface area contributed by atoms with Crippen LogP contribution in [-0.2, 0) is 23.7 Å². The van der Waals surface area contributed by atoms with Gasteiger partial charge in [0.05, 0.1) is 34.7 Å². The van der Waals surface area contributed by atoms with E-state index in [2.05, 4.69) is 20.8 Å². The quantitative estimate of drug-likeness (QED) is 0.186. The van der Waals surface area contributed by atoms with Crippen molar-refractivity contribution >= 4 is 29.3 Å². The van der Waals surface area contributed by atoms with Gasteiger partial charge >= 0.3 is 12.4 Å². The summed E-state index contributed by atoms with van der Waals surface area (Å²) in [6.45, 7) is 1.38. The Hall–Kier alpha value is -4.33. The Balaban J connectivity index is 1.60. The molecule has 0 unspecified atom stereocenters. The predicted octanol–water partition coefficient (Wildman–Crippen LogP) is 6.27. The highest BCUT2D eigenvalue weighted by Crippen LogP contribution is 2.33. The number of aromatic nitrogens is 3. The number of amides is 2. The first-order valence-corrected chi connectivity index (χ1v) is 12.9. The number of hydrogen-bond donors (Lipinski definition) is 2.